The average Bonchev–Trinajstić information content (AvgIpc) is 2.20. The monoisotopic (exact) mass is 182 g/mol. The number of carboxylic acid groups (broad SMARTS) is 1. The number of para-hydroxylation sites is 1. The molecule has 0 aliphatic rings. The van der Waals surface area contributed by atoms with E-state index in [0.29, 0.717) is 0 Å². The van der Waals surface area contributed by atoms with Crippen molar-refractivity contribution in [1.82, 2.24) is 0 Å². The molecule has 0 saturated carbocycles. The number of nitrogens with one attached hydrogen (secondary N) is 1. The minimum Gasteiger partial charge on any atom is -0.476 e. The molecule has 0 saturated heterocycles. The number of nitrogen functional groups attached to an aromatic ring is 1. The van der Waals surface area contributed by atoms with Crippen molar-refractivity contribution in [3.05, 3.63) is 30.3 Å². The van der Waals surface area contributed by atoms with E-state index in [9.17, 15) is 0 Å². The highest BCUT2D eigenvalue weighted by atomic mass is 16.4. The zero-order valence-electron chi connectivity index (χ0n) is 6.81. The number of carboxylic acids is 1. The zero-order valence-corrected chi connectivity index (χ0v) is 6.81. The summed E-state index contributed by atoms with van der Waals surface area (Å²) in [7, 11) is 0. The molecule has 0 heterocycles. The van der Waals surface area contributed by atoms with Gasteiger partial charge in [-0.05, 0) is 12.1 Å². The van der Waals surface area contributed by atoms with E-state index in [-0.39, 0.29) is 6.29 Å². The number of hydrogen-bond acceptors (Lipinski definition) is 4. The molecular formula is C8H10N2O3. The predicted molar refractivity (Wildman–Crippen MR) is 48.0 cm³/mol. The molecule has 5 nitrogen and oxygen atoms in total. The molecule has 1 aromatic rings. The lowest BCUT2D eigenvalue weighted by Crippen LogP contribution is -2.05. The van der Waals surface area contributed by atoms with E-state index in [1.54, 1.807) is 0 Å². The van der Waals surface area contributed by atoms with Crippen LogP contribution in [-0.4, -0.2) is 17.4 Å². The quantitative estimate of drug-likeness (QED) is 0.264. The molecule has 0 fully saturated rings. The van der Waals surface area contributed by atoms with Crippen molar-refractivity contribution in [3.8, 4) is 0 Å². The minimum atomic E-state index is -1.43. The van der Waals surface area contributed by atoms with Gasteiger partial charge in [-0.2, -0.15) is 0 Å². The third-order valence-electron chi connectivity index (χ3n) is 1.04. The largest absolute Gasteiger partial charge is 0.476 e. The van der Waals surface area contributed by atoms with E-state index in [1.165, 1.54) is 0 Å². The number of rotatable bonds is 2. The van der Waals surface area contributed by atoms with Crippen LogP contribution in [0, 0.1) is 0 Å². The maximum atomic E-state index is 9.00. The van der Waals surface area contributed by atoms with Crippen LogP contribution in [0.5, 0.6) is 0 Å². The molecule has 1 rings (SSSR count). The Morgan fingerprint density at radius 3 is 2.08 bits per heavy atom. The molecule has 4 N–H and O–H groups in total. The van der Waals surface area contributed by atoms with E-state index in [0.717, 1.165) is 5.69 Å². The first-order chi connectivity index (χ1) is 6.20. The van der Waals surface area contributed by atoms with Crippen LogP contribution < -0.4 is 11.3 Å². The Bertz CT molecular complexity index is 261. The number of nitrogens with two attached hydrogens (primary N) is 1. The summed E-state index contributed by atoms with van der Waals surface area (Å²) in [5, 5.41) is 7.35. The Labute approximate surface area is 75.1 Å². The maximum Gasteiger partial charge on any atom is 0.368 e. The van der Waals surface area contributed by atoms with E-state index < -0.39 is 5.97 Å². The molecule has 5 heteroatoms. The molecule has 13 heavy (non-hydrogen) atoms. The smallest absolute Gasteiger partial charge is 0.368 e. The fraction of sp³-hybridized carbons (Fsp3) is 0. The van der Waals surface area contributed by atoms with E-state index in [1.807, 2.05) is 30.3 Å². The lowest BCUT2D eigenvalue weighted by atomic mass is 10.3. The Morgan fingerprint density at radius 2 is 1.85 bits per heavy atom. The van der Waals surface area contributed by atoms with Gasteiger partial charge in [0.1, 0.15) is 0 Å². The molecule has 0 aliphatic carbocycles. The number of carbonyl (C=O) groups is 2. The van der Waals surface area contributed by atoms with Gasteiger partial charge < -0.3 is 10.5 Å². The van der Waals surface area contributed by atoms with Gasteiger partial charge >= 0.3 is 5.97 Å². The third kappa shape index (κ3) is 6.52. The second kappa shape index (κ2) is 6.81. The van der Waals surface area contributed by atoms with E-state index in [2.05, 4.69) is 5.43 Å². The van der Waals surface area contributed by atoms with Gasteiger partial charge in [0.2, 0.25) is 6.29 Å². The fourth-order valence-electron chi connectivity index (χ4n) is 0.534. The highest BCUT2D eigenvalue weighted by molar-refractivity contribution is 6.19. The van der Waals surface area contributed by atoms with Gasteiger partial charge in [0.25, 0.3) is 0 Å². The molecule has 0 amide bonds. The van der Waals surface area contributed by atoms with Crippen molar-refractivity contribution < 1.29 is 14.7 Å². The normalized spacial score (nSPS) is 7.77. The van der Waals surface area contributed by atoms with Crippen molar-refractivity contribution in [1.29, 1.82) is 0 Å². The van der Waals surface area contributed by atoms with Gasteiger partial charge in [0, 0.05) is 5.69 Å². The van der Waals surface area contributed by atoms with Gasteiger partial charge in [-0.3, -0.25) is 10.6 Å². The summed E-state index contributed by atoms with van der Waals surface area (Å²) in [5.74, 6) is 3.67. The van der Waals surface area contributed by atoms with Crippen LogP contribution >= 0.6 is 0 Å². The Balaban J connectivity index is 0.000000252. The van der Waals surface area contributed by atoms with Crippen LogP contribution in [-0.2, 0) is 9.59 Å². The maximum absolute atomic E-state index is 9.00. The number of hydrogen-bond donors (Lipinski definition) is 3. The predicted octanol–water partition coefficient (Wildman–Crippen LogP) is 0.242. The molecular weight excluding hydrogens is 172 g/mol. The molecule has 0 radical (unpaired) electrons. The highest BCUT2D eigenvalue weighted by Gasteiger charge is 1.80. The molecule has 70 valence electrons. The van der Waals surface area contributed by atoms with Crippen LogP contribution in [0.25, 0.3) is 0 Å². The Hall–Kier alpha value is -1.88. The summed E-state index contributed by atoms with van der Waals surface area (Å²) in [5.41, 5.74) is 3.46. The number of carbonyl (C=O) groups excluding carboxylic acids is 1. The number of aldehydes is 1. The van der Waals surface area contributed by atoms with Crippen LogP contribution in [0.4, 0.5) is 5.69 Å². The second-order valence-electron chi connectivity index (χ2n) is 1.97. The molecule has 1 aromatic carbocycles. The minimum absolute atomic E-state index is 0.167. The molecule has 0 bridgehead atoms. The van der Waals surface area contributed by atoms with Crippen LogP contribution in [0.2, 0.25) is 0 Å². The van der Waals surface area contributed by atoms with Crippen LogP contribution in [0.3, 0.4) is 0 Å². The summed E-state index contributed by atoms with van der Waals surface area (Å²) >= 11 is 0. The molecule has 0 aromatic heterocycles. The van der Waals surface area contributed by atoms with Crippen molar-refractivity contribution >= 4 is 17.9 Å². The van der Waals surface area contributed by atoms with Crippen molar-refractivity contribution in [2.75, 3.05) is 5.43 Å². The summed E-state index contributed by atoms with van der Waals surface area (Å²) in [6.45, 7) is 0. The van der Waals surface area contributed by atoms with Gasteiger partial charge in [-0.25, -0.2) is 4.79 Å². The molecule has 0 spiro atoms. The number of hydrazine groups is 1. The second-order valence-corrected chi connectivity index (χ2v) is 1.97. The first-order valence-electron chi connectivity index (χ1n) is 3.40. The van der Waals surface area contributed by atoms with Gasteiger partial charge in [0.15, 0.2) is 0 Å². The first-order valence-corrected chi connectivity index (χ1v) is 3.40. The summed E-state index contributed by atoms with van der Waals surface area (Å²) in [6.07, 6.45) is -0.167. The van der Waals surface area contributed by atoms with Gasteiger partial charge in [-0.1, -0.05) is 18.2 Å². The van der Waals surface area contributed by atoms with Crippen LogP contribution in [0.1, 0.15) is 0 Å². The van der Waals surface area contributed by atoms with Crippen LogP contribution in [0.15, 0.2) is 30.3 Å². The highest BCUT2D eigenvalue weighted by Crippen LogP contribution is 2.00. The summed E-state index contributed by atoms with van der Waals surface area (Å²) in [4.78, 5) is 17.9. The molecule has 0 atom stereocenters. The van der Waals surface area contributed by atoms with E-state index >= 15 is 0 Å². The summed E-state index contributed by atoms with van der Waals surface area (Å²) < 4.78 is 0. The SMILES string of the molecule is NNc1ccccc1.O=CC(=O)O. The third-order valence-corrected chi connectivity index (χ3v) is 1.04. The standard InChI is InChI=1S/C6H8N2.C2H2O3/c7-8-6-4-2-1-3-5-6;3-1-2(4)5/h1-5,8H,7H2;1H,(H,4,5). The number of benzene rings is 1. The molecule has 0 aliphatic heterocycles. The first kappa shape index (κ1) is 11.1. The zero-order chi connectivity index (χ0) is 10.1. The van der Waals surface area contributed by atoms with Crippen molar-refractivity contribution in [3.63, 3.8) is 0 Å². The fourth-order valence-corrected chi connectivity index (χ4v) is 0.534. The lowest BCUT2D eigenvalue weighted by Gasteiger charge is -1.94. The molecule has 0 unspecified atom stereocenters. The number of aliphatic carboxylic acids is 1. The van der Waals surface area contributed by atoms with E-state index in [4.69, 9.17) is 20.5 Å². The van der Waals surface area contributed by atoms with Crippen molar-refractivity contribution in [2.45, 2.75) is 0 Å². The summed E-state index contributed by atoms with van der Waals surface area (Å²) in [6, 6.07) is 9.60. The topological polar surface area (TPSA) is 92.4 Å². The Morgan fingerprint density at radius 1 is 1.38 bits per heavy atom. The van der Waals surface area contributed by atoms with Gasteiger partial charge in [-0.15, -0.1) is 0 Å². The average molecular weight is 182 g/mol. The Kier molecular flexibility index (Phi) is 5.82. The van der Waals surface area contributed by atoms with Gasteiger partial charge in [0.05, 0.1) is 0 Å². The number of anilines is 1. The lowest BCUT2D eigenvalue weighted by molar-refractivity contribution is -0.143. The van der Waals surface area contributed by atoms with Crippen molar-refractivity contribution in [2.24, 2.45) is 5.84 Å².